The summed E-state index contributed by atoms with van der Waals surface area (Å²) in [5.41, 5.74) is -2.38. The highest BCUT2D eigenvalue weighted by Crippen LogP contribution is 2.34. The second kappa shape index (κ2) is 7.50. The summed E-state index contributed by atoms with van der Waals surface area (Å²) in [5.74, 6) is -1.16. The summed E-state index contributed by atoms with van der Waals surface area (Å²) in [6.07, 6.45) is -3.72. The van der Waals surface area contributed by atoms with E-state index < -0.39 is 29.3 Å². The van der Waals surface area contributed by atoms with Gasteiger partial charge < -0.3 is 9.42 Å². The number of aromatic nitrogens is 5. The van der Waals surface area contributed by atoms with Gasteiger partial charge in [0.15, 0.2) is 17.2 Å². The number of aryl methyl sites for hydroxylation is 1. The van der Waals surface area contributed by atoms with Crippen molar-refractivity contribution in [2.75, 3.05) is 13.1 Å². The standard InChI is InChI=1S/C18H16F4N6O2/c1-10-23-16(30-25-10)11-4-3-7-27(9-11)17(29)14-15(18(20,21)22)28(26-24-14)13-6-2-5-12(19)8-13/h2,5-6,8,11H,3-4,7,9H2,1H3. The number of halogens is 4. The van der Waals surface area contributed by atoms with Crippen LogP contribution in [0.25, 0.3) is 5.69 Å². The maximum absolute atomic E-state index is 13.8. The van der Waals surface area contributed by atoms with Crippen molar-refractivity contribution in [1.29, 1.82) is 0 Å². The predicted molar refractivity (Wildman–Crippen MR) is 93.2 cm³/mol. The lowest BCUT2D eigenvalue weighted by molar-refractivity contribution is -0.143. The normalized spacial score (nSPS) is 17.4. The molecule has 3 aromatic rings. The van der Waals surface area contributed by atoms with Crippen LogP contribution in [-0.4, -0.2) is 49.0 Å². The van der Waals surface area contributed by atoms with Gasteiger partial charge in [-0.05, 0) is 38.0 Å². The van der Waals surface area contributed by atoms with Crippen LogP contribution in [0.2, 0.25) is 0 Å². The average Bonchev–Trinajstić information content (AvgIpc) is 3.34. The van der Waals surface area contributed by atoms with Crippen molar-refractivity contribution in [2.24, 2.45) is 0 Å². The highest BCUT2D eigenvalue weighted by atomic mass is 19.4. The largest absolute Gasteiger partial charge is 0.435 e. The lowest BCUT2D eigenvalue weighted by atomic mass is 9.97. The molecule has 1 fully saturated rings. The van der Waals surface area contributed by atoms with Crippen LogP contribution in [0, 0.1) is 12.7 Å². The van der Waals surface area contributed by atoms with Gasteiger partial charge in [0.25, 0.3) is 5.91 Å². The molecule has 0 spiro atoms. The van der Waals surface area contributed by atoms with E-state index in [0.29, 0.717) is 29.2 Å². The second-order valence-corrected chi connectivity index (χ2v) is 6.95. The van der Waals surface area contributed by atoms with Crippen molar-refractivity contribution in [2.45, 2.75) is 31.9 Å². The summed E-state index contributed by atoms with van der Waals surface area (Å²) >= 11 is 0. The summed E-state index contributed by atoms with van der Waals surface area (Å²) in [7, 11) is 0. The first-order chi connectivity index (χ1) is 14.2. The SMILES string of the molecule is Cc1noc(C2CCCN(C(=O)c3nnn(-c4cccc(F)c4)c3C(F)(F)F)C2)n1. The Morgan fingerprint density at radius 3 is 2.77 bits per heavy atom. The number of likely N-dealkylation sites (tertiary alicyclic amines) is 1. The molecule has 30 heavy (non-hydrogen) atoms. The van der Waals surface area contributed by atoms with Crippen LogP contribution in [-0.2, 0) is 6.18 Å². The third kappa shape index (κ3) is 3.76. The third-order valence-electron chi connectivity index (χ3n) is 4.80. The summed E-state index contributed by atoms with van der Waals surface area (Å²) in [6.45, 7) is 2.02. The molecule has 1 saturated heterocycles. The van der Waals surface area contributed by atoms with E-state index in [1.54, 1.807) is 6.92 Å². The van der Waals surface area contributed by atoms with E-state index in [0.717, 1.165) is 12.1 Å². The molecule has 2 aromatic heterocycles. The highest BCUT2D eigenvalue weighted by molar-refractivity contribution is 5.93. The molecule has 0 bridgehead atoms. The number of benzene rings is 1. The van der Waals surface area contributed by atoms with Crippen molar-refractivity contribution in [3.63, 3.8) is 0 Å². The van der Waals surface area contributed by atoms with Gasteiger partial charge in [-0.1, -0.05) is 16.4 Å². The summed E-state index contributed by atoms with van der Waals surface area (Å²) in [6, 6.07) is 4.46. The molecule has 158 valence electrons. The molecule has 1 unspecified atom stereocenters. The maximum Gasteiger partial charge on any atom is 0.435 e. The van der Waals surface area contributed by atoms with Crippen LogP contribution in [0.3, 0.4) is 0 Å². The van der Waals surface area contributed by atoms with Gasteiger partial charge in [0.1, 0.15) is 5.82 Å². The van der Waals surface area contributed by atoms with Crippen molar-refractivity contribution in [1.82, 2.24) is 30.0 Å². The topological polar surface area (TPSA) is 89.9 Å². The van der Waals surface area contributed by atoms with Gasteiger partial charge in [-0.25, -0.2) is 9.07 Å². The highest BCUT2D eigenvalue weighted by Gasteiger charge is 2.43. The number of hydrogen-bond donors (Lipinski definition) is 0. The smallest absolute Gasteiger partial charge is 0.339 e. The number of alkyl halides is 3. The molecular formula is C18H16F4N6O2. The molecule has 0 N–H and O–H groups in total. The van der Waals surface area contributed by atoms with Crippen molar-refractivity contribution in [3.8, 4) is 5.69 Å². The van der Waals surface area contributed by atoms with Crippen LogP contribution >= 0.6 is 0 Å². The zero-order valence-electron chi connectivity index (χ0n) is 15.7. The Labute approximate surface area is 167 Å². The van der Waals surface area contributed by atoms with E-state index in [-0.39, 0.29) is 24.7 Å². The minimum Gasteiger partial charge on any atom is -0.339 e. The van der Waals surface area contributed by atoms with E-state index in [1.165, 1.54) is 17.0 Å². The Bertz CT molecular complexity index is 1080. The quantitative estimate of drug-likeness (QED) is 0.600. The molecule has 3 heterocycles. The first-order valence-electron chi connectivity index (χ1n) is 9.12. The second-order valence-electron chi connectivity index (χ2n) is 6.95. The zero-order valence-corrected chi connectivity index (χ0v) is 15.7. The van der Waals surface area contributed by atoms with Crippen LogP contribution in [0.5, 0.6) is 0 Å². The van der Waals surface area contributed by atoms with Gasteiger partial charge in [0.2, 0.25) is 5.89 Å². The summed E-state index contributed by atoms with van der Waals surface area (Å²) < 4.78 is 60.5. The number of amides is 1. The van der Waals surface area contributed by atoms with Gasteiger partial charge >= 0.3 is 6.18 Å². The molecule has 1 aliphatic rings. The molecule has 1 atom stereocenters. The molecule has 0 radical (unpaired) electrons. The van der Waals surface area contributed by atoms with E-state index in [9.17, 15) is 22.4 Å². The summed E-state index contributed by atoms with van der Waals surface area (Å²) in [4.78, 5) is 18.3. The molecule has 1 aromatic carbocycles. The van der Waals surface area contributed by atoms with E-state index in [2.05, 4.69) is 20.5 Å². The van der Waals surface area contributed by atoms with Crippen LogP contribution in [0.15, 0.2) is 28.8 Å². The number of hydrogen-bond acceptors (Lipinski definition) is 6. The van der Waals surface area contributed by atoms with Gasteiger partial charge in [0.05, 0.1) is 11.6 Å². The fraction of sp³-hybridized carbons (Fsp3) is 0.389. The Morgan fingerprint density at radius 1 is 1.30 bits per heavy atom. The van der Waals surface area contributed by atoms with Gasteiger partial charge in [-0.3, -0.25) is 4.79 Å². The average molecular weight is 424 g/mol. The van der Waals surface area contributed by atoms with Crippen molar-refractivity contribution in [3.05, 3.63) is 53.2 Å². The molecule has 4 rings (SSSR count). The van der Waals surface area contributed by atoms with Crippen LogP contribution in [0.1, 0.15) is 46.7 Å². The lowest BCUT2D eigenvalue weighted by Gasteiger charge is -2.30. The number of rotatable bonds is 3. The third-order valence-corrected chi connectivity index (χ3v) is 4.80. The Morgan fingerprint density at radius 2 is 2.10 bits per heavy atom. The summed E-state index contributed by atoms with van der Waals surface area (Å²) in [5, 5.41) is 10.7. The monoisotopic (exact) mass is 424 g/mol. The Hall–Kier alpha value is -3.31. The lowest BCUT2D eigenvalue weighted by Crippen LogP contribution is -2.40. The van der Waals surface area contributed by atoms with Crippen molar-refractivity contribution < 1.29 is 26.9 Å². The van der Waals surface area contributed by atoms with Crippen LogP contribution < -0.4 is 0 Å². The van der Waals surface area contributed by atoms with E-state index in [4.69, 9.17) is 4.52 Å². The minimum absolute atomic E-state index is 0.116. The Balaban J connectivity index is 1.67. The molecule has 8 nitrogen and oxygen atoms in total. The number of carbonyl (C=O) groups is 1. The maximum atomic E-state index is 13.8. The predicted octanol–water partition coefficient (Wildman–Crippen LogP) is 3.14. The fourth-order valence-corrected chi connectivity index (χ4v) is 3.46. The van der Waals surface area contributed by atoms with E-state index >= 15 is 0 Å². The first kappa shape index (κ1) is 20.0. The fourth-order valence-electron chi connectivity index (χ4n) is 3.46. The molecule has 0 aliphatic carbocycles. The van der Waals surface area contributed by atoms with E-state index in [1.807, 2.05) is 0 Å². The molecule has 0 saturated carbocycles. The van der Waals surface area contributed by atoms with Gasteiger partial charge in [-0.15, -0.1) is 5.10 Å². The first-order valence-corrected chi connectivity index (χ1v) is 9.12. The van der Waals surface area contributed by atoms with Crippen LogP contribution in [0.4, 0.5) is 17.6 Å². The zero-order chi connectivity index (χ0) is 21.5. The van der Waals surface area contributed by atoms with Crippen molar-refractivity contribution >= 4 is 5.91 Å². The van der Waals surface area contributed by atoms with Gasteiger partial charge in [0, 0.05) is 13.1 Å². The van der Waals surface area contributed by atoms with Gasteiger partial charge in [-0.2, -0.15) is 18.2 Å². The Kier molecular flexibility index (Phi) is 5.00. The number of nitrogens with zero attached hydrogens (tertiary/aromatic N) is 6. The molecule has 12 heteroatoms. The molecule has 1 aliphatic heterocycles. The molecular weight excluding hydrogens is 408 g/mol. The minimum atomic E-state index is -4.93. The number of piperidine rings is 1. The number of carbonyl (C=O) groups excluding carboxylic acids is 1. The molecule has 1 amide bonds.